The van der Waals surface area contributed by atoms with Gasteiger partial charge in [0.15, 0.2) is 0 Å². The number of nitrogens with zero attached hydrogens (tertiary/aromatic N) is 2. The Balaban J connectivity index is 2.75. The number of methoxy groups -OCH3 is 1. The molecule has 0 aromatic heterocycles. The molecule has 0 bridgehead atoms. The van der Waals surface area contributed by atoms with Gasteiger partial charge in [-0.15, -0.1) is 0 Å². The van der Waals surface area contributed by atoms with E-state index in [1.807, 2.05) is 38.1 Å². The van der Waals surface area contributed by atoms with Crippen LogP contribution < -0.4 is 4.90 Å². The molecule has 5 nitrogen and oxygen atoms in total. The number of likely N-dealkylation sites (N-methyl/N-ethyl adjacent to an activating group) is 1. The van der Waals surface area contributed by atoms with Crippen LogP contribution in [0.4, 0.5) is 5.69 Å². The number of benzene rings is 1. The lowest BCUT2D eigenvalue weighted by atomic mass is 10.2. The Morgan fingerprint density at radius 2 is 2.00 bits per heavy atom. The summed E-state index contributed by atoms with van der Waals surface area (Å²) >= 11 is 0. The molecule has 0 saturated heterocycles. The van der Waals surface area contributed by atoms with Gasteiger partial charge < -0.3 is 14.5 Å². The summed E-state index contributed by atoms with van der Waals surface area (Å²) in [6.45, 7) is 7.20. The van der Waals surface area contributed by atoms with Crippen LogP contribution in [-0.4, -0.2) is 50.1 Å². The molecular weight excluding hydrogens is 280 g/mol. The first-order valence-corrected chi connectivity index (χ1v) is 7.61. The van der Waals surface area contributed by atoms with E-state index >= 15 is 0 Å². The molecule has 0 N–H and O–H groups in total. The lowest BCUT2D eigenvalue weighted by Gasteiger charge is -2.26. The molecule has 0 unspecified atom stereocenters. The van der Waals surface area contributed by atoms with E-state index < -0.39 is 0 Å². The Hall–Kier alpha value is -1.88. The number of aryl methyl sites for hydroxylation is 1. The number of amides is 2. The van der Waals surface area contributed by atoms with Crippen LogP contribution in [-0.2, 0) is 14.3 Å². The minimum absolute atomic E-state index is 0.0688. The van der Waals surface area contributed by atoms with Crippen LogP contribution in [0.2, 0.25) is 0 Å². The van der Waals surface area contributed by atoms with Crippen molar-refractivity contribution in [2.45, 2.75) is 27.2 Å². The Bertz CT molecular complexity index is 502. The van der Waals surface area contributed by atoms with Crippen molar-refractivity contribution in [1.82, 2.24) is 4.90 Å². The van der Waals surface area contributed by atoms with Gasteiger partial charge in [-0.05, 0) is 38.0 Å². The van der Waals surface area contributed by atoms with Gasteiger partial charge in [0.2, 0.25) is 11.8 Å². The molecule has 0 atom stereocenters. The van der Waals surface area contributed by atoms with E-state index in [0.717, 1.165) is 17.7 Å². The number of rotatable bonds is 8. The summed E-state index contributed by atoms with van der Waals surface area (Å²) in [5, 5.41) is 0. The van der Waals surface area contributed by atoms with Gasteiger partial charge in [0.25, 0.3) is 0 Å². The molecule has 0 spiro atoms. The van der Waals surface area contributed by atoms with Gasteiger partial charge >= 0.3 is 0 Å². The molecule has 0 aliphatic rings. The smallest absolute Gasteiger partial charge is 0.246 e. The van der Waals surface area contributed by atoms with Crippen molar-refractivity contribution >= 4 is 17.5 Å². The zero-order chi connectivity index (χ0) is 16.5. The number of carbonyl (C=O) groups excluding carboxylic acids is 2. The van der Waals surface area contributed by atoms with Crippen LogP contribution in [0.25, 0.3) is 0 Å². The highest BCUT2D eigenvalue weighted by molar-refractivity contribution is 5.96. The molecule has 122 valence electrons. The maximum atomic E-state index is 12.5. The molecule has 0 radical (unpaired) electrons. The van der Waals surface area contributed by atoms with E-state index in [4.69, 9.17) is 4.74 Å². The van der Waals surface area contributed by atoms with Gasteiger partial charge in [0.1, 0.15) is 6.54 Å². The third kappa shape index (κ3) is 5.48. The highest BCUT2D eigenvalue weighted by atomic mass is 16.5. The fourth-order valence-electron chi connectivity index (χ4n) is 2.29. The minimum atomic E-state index is -0.0928. The van der Waals surface area contributed by atoms with Gasteiger partial charge in [-0.1, -0.05) is 12.1 Å². The first kappa shape index (κ1) is 18.2. The normalized spacial score (nSPS) is 10.4. The summed E-state index contributed by atoms with van der Waals surface area (Å²) in [6.07, 6.45) is 0.722. The third-order valence-electron chi connectivity index (χ3n) is 3.48. The summed E-state index contributed by atoms with van der Waals surface area (Å²) in [4.78, 5) is 27.5. The predicted octanol–water partition coefficient (Wildman–Crippen LogP) is 2.23. The number of ether oxygens (including phenoxy) is 1. The second kappa shape index (κ2) is 9.20. The number of hydrogen-bond donors (Lipinski definition) is 0. The van der Waals surface area contributed by atoms with Crippen LogP contribution in [0.5, 0.6) is 0 Å². The van der Waals surface area contributed by atoms with Crippen molar-refractivity contribution in [2.24, 2.45) is 0 Å². The first-order chi connectivity index (χ1) is 10.5. The van der Waals surface area contributed by atoms with Gasteiger partial charge in [-0.2, -0.15) is 0 Å². The Labute approximate surface area is 132 Å². The lowest BCUT2D eigenvalue weighted by molar-refractivity contribution is -0.133. The van der Waals surface area contributed by atoms with Gasteiger partial charge in [0.05, 0.1) is 0 Å². The van der Waals surface area contributed by atoms with E-state index in [9.17, 15) is 9.59 Å². The van der Waals surface area contributed by atoms with E-state index in [1.165, 1.54) is 6.92 Å². The van der Waals surface area contributed by atoms with E-state index in [-0.39, 0.29) is 18.4 Å². The van der Waals surface area contributed by atoms with Gasteiger partial charge in [-0.3, -0.25) is 9.59 Å². The maximum absolute atomic E-state index is 12.5. The maximum Gasteiger partial charge on any atom is 0.246 e. The zero-order valence-electron chi connectivity index (χ0n) is 14.0. The fraction of sp³-hybridized carbons (Fsp3) is 0.529. The van der Waals surface area contributed by atoms with Crippen LogP contribution in [0, 0.1) is 6.92 Å². The summed E-state index contributed by atoms with van der Waals surface area (Å²) in [6, 6.07) is 7.82. The van der Waals surface area contributed by atoms with Crippen LogP contribution >= 0.6 is 0 Å². The minimum Gasteiger partial charge on any atom is -0.385 e. The summed E-state index contributed by atoms with van der Waals surface area (Å²) in [5.41, 5.74) is 1.97. The Morgan fingerprint density at radius 1 is 1.27 bits per heavy atom. The molecule has 1 aromatic carbocycles. The highest BCUT2D eigenvalue weighted by Crippen LogP contribution is 2.16. The van der Waals surface area contributed by atoms with E-state index in [2.05, 4.69) is 0 Å². The van der Waals surface area contributed by atoms with Gasteiger partial charge in [-0.25, -0.2) is 0 Å². The Kier molecular flexibility index (Phi) is 7.60. The molecule has 0 heterocycles. The molecule has 1 rings (SSSR count). The quantitative estimate of drug-likeness (QED) is 0.692. The molecule has 0 aliphatic heterocycles. The van der Waals surface area contributed by atoms with E-state index in [1.54, 1.807) is 16.9 Å². The SMILES string of the molecule is CCN(C(=O)CN(CCCOC)C(C)=O)c1cccc(C)c1. The molecule has 0 saturated carbocycles. The average Bonchev–Trinajstić information content (AvgIpc) is 2.47. The summed E-state index contributed by atoms with van der Waals surface area (Å²) in [5.74, 6) is -0.162. The molecular formula is C17H26N2O3. The number of anilines is 1. The van der Waals surface area contributed by atoms with Crippen molar-refractivity contribution in [3.8, 4) is 0 Å². The molecule has 0 fully saturated rings. The van der Waals surface area contributed by atoms with Crippen molar-refractivity contribution in [3.05, 3.63) is 29.8 Å². The zero-order valence-corrected chi connectivity index (χ0v) is 14.0. The Morgan fingerprint density at radius 3 is 2.55 bits per heavy atom. The number of hydrogen-bond acceptors (Lipinski definition) is 3. The van der Waals surface area contributed by atoms with Gasteiger partial charge in [0, 0.05) is 39.4 Å². The average molecular weight is 306 g/mol. The monoisotopic (exact) mass is 306 g/mol. The molecule has 0 aliphatic carbocycles. The standard InChI is InChI=1S/C17H26N2O3/c1-5-19(16-9-6-8-14(2)12-16)17(21)13-18(15(3)20)10-7-11-22-4/h6,8-9,12H,5,7,10-11,13H2,1-4H3. The highest BCUT2D eigenvalue weighted by Gasteiger charge is 2.19. The van der Waals surface area contributed by atoms with Crippen molar-refractivity contribution in [3.63, 3.8) is 0 Å². The summed E-state index contributed by atoms with van der Waals surface area (Å²) < 4.78 is 4.99. The first-order valence-electron chi connectivity index (χ1n) is 7.61. The van der Waals surface area contributed by atoms with Crippen LogP contribution in [0.15, 0.2) is 24.3 Å². The largest absolute Gasteiger partial charge is 0.385 e. The van der Waals surface area contributed by atoms with Crippen LogP contribution in [0.3, 0.4) is 0 Å². The fourth-order valence-corrected chi connectivity index (χ4v) is 2.29. The second-order valence-electron chi connectivity index (χ2n) is 5.26. The van der Waals surface area contributed by atoms with Crippen molar-refractivity contribution < 1.29 is 14.3 Å². The second-order valence-corrected chi connectivity index (χ2v) is 5.26. The molecule has 1 aromatic rings. The van der Waals surface area contributed by atoms with Crippen molar-refractivity contribution in [2.75, 3.05) is 38.3 Å². The predicted molar refractivity (Wildman–Crippen MR) is 88.0 cm³/mol. The lowest BCUT2D eigenvalue weighted by Crippen LogP contribution is -2.42. The number of carbonyl (C=O) groups is 2. The summed E-state index contributed by atoms with van der Waals surface area (Å²) in [7, 11) is 1.62. The van der Waals surface area contributed by atoms with E-state index in [0.29, 0.717) is 19.7 Å². The van der Waals surface area contributed by atoms with Crippen molar-refractivity contribution in [1.29, 1.82) is 0 Å². The topological polar surface area (TPSA) is 49.9 Å². The molecule has 5 heteroatoms. The molecule has 2 amide bonds. The van der Waals surface area contributed by atoms with Crippen LogP contribution in [0.1, 0.15) is 25.8 Å². The third-order valence-corrected chi connectivity index (χ3v) is 3.48. The molecule has 22 heavy (non-hydrogen) atoms.